The van der Waals surface area contributed by atoms with Crippen LogP contribution in [0.1, 0.15) is 70.8 Å². The first-order valence-electron chi connectivity index (χ1n) is 10.3. The first kappa shape index (κ1) is 25.8. The van der Waals surface area contributed by atoms with Crippen molar-refractivity contribution < 1.29 is 37.0 Å². The minimum Gasteiger partial charge on any atom is -0.465 e. The lowest BCUT2D eigenvalue weighted by atomic mass is 10.1. The van der Waals surface area contributed by atoms with Gasteiger partial charge in [-0.1, -0.05) is 51.7 Å². The third kappa shape index (κ3) is 13.8. The maximum absolute atomic E-state index is 12.1. The second-order valence-electron chi connectivity index (χ2n) is 7.55. The van der Waals surface area contributed by atoms with Crippen LogP contribution in [0.5, 0.6) is 5.75 Å². The molecule has 0 N–H and O–H groups in total. The molecule has 1 aromatic rings. The number of carbonyl (C=O) groups is 2. The molecule has 30 heavy (non-hydrogen) atoms. The smallest absolute Gasteiger partial charge is 0.465 e. The summed E-state index contributed by atoms with van der Waals surface area (Å²) in [5, 5.41) is 0. The predicted molar refractivity (Wildman–Crippen MR) is 106 cm³/mol. The van der Waals surface area contributed by atoms with E-state index < -0.39 is 6.36 Å². The molecule has 0 aliphatic rings. The van der Waals surface area contributed by atoms with Gasteiger partial charge >= 0.3 is 18.3 Å². The number of hydrogen-bond acceptors (Lipinski definition) is 5. The molecule has 0 aromatic heterocycles. The summed E-state index contributed by atoms with van der Waals surface area (Å²) in [5.74, 6) is -0.448. The average molecular weight is 432 g/mol. The van der Waals surface area contributed by atoms with Gasteiger partial charge in [0.1, 0.15) is 12.4 Å². The van der Waals surface area contributed by atoms with Crippen LogP contribution < -0.4 is 4.74 Å². The number of esters is 2. The van der Waals surface area contributed by atoms with Crippen LogP contribution in [0.15, 0.2) is 24.3 Å². The summed E-state index contributed by atoms with van der Waals surface area (Å²) >= 11 is 0. The summed E-state index contributed by atoms with van der Waals surface area (Å²) < 4.78 is 50.3. The normalized spacial score (nSPS) is 11.4. The molecule has 0 spiro atoms. The molecule has 0 saturated carbocycles. The monoisotopic (exact) mass is 432 g/mol. The fourth-order valence-electron chi connectivity index (χ4n) is 2.60. The van der Waals surface area contributed by atoms with Gasteiger partial charge in [-0.2, -0.15) is 0 Å². The van der Waals surface area contributed by atoms with E-state index in [1.807, 2.05) is 13.8 Å². The molecule has 0 fully saturated rings. The number of benzene rings is 1. The van der Waals surface area contributed by atoms with Crippen molar-refractivity contribution in [2.24, 2.45) is 5.92 Å². The van der Waals surface area contributed by atoms with Crippen molar-refractivity contribution >= 4 is 11.9 Å². The van der Waals surface area contributed by atoms with Crippen molar-refractivity contribution in [1.29, 1.82) is 0 Å². The summed E-state index contributed by atoms with van der Waals surface area (Å²) in [6, 6.07) is 5.21. The lowest BCUT2D eigenvalue weighted by molar-refractivity contribution is -0.274. The lowest BCUT2D eigenvalue weighted by Gasteiger charge is -2.09. The molecule has 0 amide bonds. The van der Waals surface area contributed by atoms with E-state index in [1.54, 1.807) is 0 Å². The highest BCUT2D eigenvalue weighted by Gasteiger charge is 2.30. The zero-order chi connectivity index (χ0) is 22.4. The molecule has 8 heteroatoms. The maximum Gasteiger partial charge on any atom is 0.573 e. The van der Waals surface area contributed by atoms with Gasteiger partial charge in [-0.15, -0.1) is 13.2 Å². The Morgan fingerprint density at radius 2 is 1.33 bits per heavy atom. The standard InChI is InChI=1S/C22H31F3O5/c1-17(2)15-28-20(26)9-7-5-3-4-6-8-10-21(27)29-16-18-11-13-19(14-12-18)30-22(23,24)25/h11-14,17H,3-10,15-16H2,1-2H3. The summed E-state index contributed by atoms with van der Waals surface area (Å²) in [6.45, 7) is 4.47. The van der Waals surface area contributed by atoms with Gasteiger partial charge in [0.25, 0.3) is 0 Å². The van der Waals surface area contributed by atoms with E-state index in [9.17, 15) is 22.8 Å². The van der Waals surface area contributed by atoms with E-state index in [1.165, 1.54) is 24.3 Å². The van der Waals surface area contributed by atoms with E-state index >= 15 is 0 Å². The highest BCUT2D eigenvalue weighted by molar-refractivity contribution is 5.69. The Balaban J connectivity index is 2.03. The summed E-state index contributed by atoms with van der Waals surface area (Å²) in [7, 11) is 0. The zero-order valence-corrected chi connectivity index (χ0v) is 17.6. The molecule has 0 bridgehead atoms. The molecule has 1 rings (SSSR count). The van der Waals surface area contributed by atoms with Crippen LogP contribution in [0.2, 0.25) is 0 Å². The molecule has 5 nitrogen and oxygen atoms in total. The Kier molecular flexibility index (Phi) is 11.9. The van der Waals surface area contributed by atoms with E-state index in [0.717, 1.165) is 32.1 Å². The molecule has 0 aliphatic carbocycles. The molecule has 0 saturated heterocycles. The molecule has 0 radical (unpaired) electrons. The van der Waals surface area contributed by atoms with Gasteiger partial charge in [0.2, 0.25) is 0 Å². The molecule has 0 aliphatic heterocycles. The highest BCUT2D eigenvalue weighted by atomic mass is 19.4. The lowest BCUT2D eigenvalue weighted by Crippen LogP contribution is -2.17. The van der Waals surface area contributed by atoms with Gasteiger partial charge in [-0.25, -0.2) is 0 Å². The fraction of sp³-hybridized carbons (Fsp3) is 0.636. The molecule has 0 unspecified atom stereocenters. The number of rotatable bonds is 14. The van der Waals surface area contributed by atoms with Crippen molar-refractivity contribution in [3.8, 4) is 5.75 Å². The van der Waals surface area contributed by atoms with Gasteiger partial charge in [-0.3, -0.25) is 9.59 Å². The summed E-state index contributed by atoms with van der Waals surface area (Å²) in [5.41, 5.74) is 0.588. The van der Waals surface area contributed by atoms with Crippen LogP contribution in [0, 0.1) is 5.92 Å². The van der Waals surface area contributed by atoms with Crippen molar-refractivity contribution in [1.82, 2.24) is 0 Å². The fourth-order valence-corrected chi connectivity index (χ4v) is 2.60. The third-order valence-electron chi connectivity index (χ3n) is 4.15. The summed E-state index contributed by atoms with van der Waals surface area (Å²) in [6.07, 6.45) is 1.38. The van der Waals surface area contributed by atoms with Gasteiger partial charge in [0, 0.05) is 12.8 Å². The van der Waals surface area contributed by atoms with Gasteiger partial charge in [-0.05, 0) is 36.5 Å². The molecule has 170 valence electrons. The molecule has 1 aromatic carbocycles. The van der Waals surface area contributed by atoms with E-state index in [2.05, 4.69) is 4.74 Å². The highest BCUT2D eigenvalue weighted by Crippen LogP contribution is 2.23. The van der Waals surface area contributed by atoms with Gasteiger partial charge in [0.05, 0.1) is 6.61 Å². The number of carbonyl (C=O) groups excluding carboxylic acids is 2. The predicted octanol–water partition coefficient (Wildman–Crippen LogP) is 5.95. The first-order valence-corrected chi connectivity index (χ1v) is 10.3. The van der Waals surface area contributed by atoms with Crippen LogP contribution >= 0.6 is 0 Å². The minimum atomic E-state index is -4.73. The minimum absolute atomic E-state index is 0.0119. The van der Waals surface area contributed by atoms with Crippen LogP contribution in [0.25, 0.3) is 0 Å². The maximum atomic E-state index is 12.1. The zero-order valence-electron chi connectivity index (χ0n) is 17.6. The largest absolute Gasteiger partial charge is 0.573 e. The Labute approximate surface area is 175 Å². The third-order valence-corrected chi connectivity index (χ3v) is 4.15. The van der Waals surface area contributed by atoms with Gasteiger partial charge < -0.3 is 14.2 Å². The number of alkyl halides is 3. The van der Waals surface area contributed by atoms with Crippen LogP contribution in [-0.2, 0) is 25.7 Å². The molecule has 0 atom stereocenters. The van der Waals surface area contributed by atoms with Crippen molar-refractivity contribution in [3.63, 3.8) is 0 Å². The Morgan fingerprint density at radius 3 is 1.83 bits per heavy atom. The van der Waals surface area contributed by atoms with Gasteiger partial charge in [0.15, 0.2) is 0 Å². The molecular weight excluding hydrogens is 401 g/mol. The van der Waals surface area contributed by atoms with Crippen LogP contribution in [0.4, 0.5) is 13.2 Å². The van der Waals surface area contributed by atoms with Crippen molar-refractivity contribution in [2.45, 2.75) is 78.2 Å². The Hall–Kier alpha value is -2.25. The Bertz CT molecular complexity index is 627. The van der Waals surface area contributed by atoms with E-state index in [0.29, 0.717) is 37.4 Å². The topological polar surface area (TPSA) is 61.8 Å². The number of unbranched alkanes of at least 4 members (excludes halogenated alkanes) is 5. The second kappa shape index (κ2) is 13.9. The van der Waals surface area contributed by atoms with E-state index in [-0.39, 0.29) is 24.3 Å². The SMILES string of the molecule is CC(C)COC(=O)CCCCCCCCC(=O)OCc1ccc(OC(F)(F)F)cc1. The average Bonchev–Trinajstić information content (AvgIpc) is 2.66. The quantitative estimate of drug-likeness (QED) is 0.269. The van der Waals surface area contributed by atoms with Crippen molar-refractivity contribution in [3.05, 3.63) is 29.8 Å². The molecule has 0 heterocycles. The van der Waals surface area contributed by atoms with E-state index in [4.69, 9.17) is 9.47 Å². The first-order chi connectivity index (χ1) is 14.2. The molecular formula is C22H31F3O5. The van der Waals surface area contributed by atoms with Crippen molar-refractivity contribution in [2.75, 3.05) is 6.61 Å². The number of ether oxygens (including phenoxy) is 3. The van der Waals surface area contributed by atoms with Crippen LogP contribution in [-0.4, -0.2) is 24.9 Å². The summed E-state index contributed by atoms with van der Waals surface area (Å²) in [4.78, 5) is 23.2. The second-order valence-corrected chi connectivity index (χ2v) is 7.55. The Morgan fingerprint density at radius 1 is 0.833 bits per heavy atom. The van der Waals surface area contributed by atoms with Crippen LogP contribution in [0.3, 0.4) is 0 Å². The number of hydrogen-bond donors (Lipinski definition) is 0. The number of halogens is 3.